The lowest BCUT2D eigenvalue weighted by Gasteiger charge is -2.35. The second-order valence-electron chi connectivity index (χ2n) is 7.65. The highest BCUT2D eigenvalue weighted by Gasteiger charge is 2.29. The van der Waals surface area contributed by atoms with Crippen molar-refractivity contribution in [3.8, 4) is 0 Å². The third kappa shape index (κ3) is 3.22. The van der Waals surface area contributed by atoms with E-state index in [0.717, 1.165) is 19.4 Å². The summed E-state index contributed by atoms with van der Waals surface area (Å²) in [7, 11) is 0. The molecule has 3 heterocycles. The summed E-state index contributed by atoms with van der Waals surface area (Å²) in [5, 5.41) is 17.1. The van der Waals surface area contributed by atoms with E-state index < -0.39 is 17.2 Å². The molecule has 150 valence electrons. The number of aromatic carboxylic acids is 1. The highest BCUT2D eigenvalue weighted by molar-refractivity contribution is 7.08. The molecule has 0 radical (unpaired) electrons. The number of anilines is 1. The van der Waals surface area contributed by atoms with Crippen molar-refractivity contribution in [3.63, 3.8) is 0 Å². The minimum atomic E-state index is -1.28. The zero-order valence-electron chi connectivity index (χ0n) is 15.6. The molecule has 5 rings (SSSR count). The van der Waals surface area contributed by atoms with Crippen molar-refractivity contribution >= 4 is 33.9 Å². The van der Waals surface area contributed by atoms with E-state index in [1.807, 2.05) is 14.8 Å². The normalized spacial score (nSPS) is 19.6. The Kier molecular flexibility index (Phi) is 4.40. The van der Waals surface area contributed by atoms with Crippen LogP contribution in [0.2, 0.25) is 0 Å². The molecule has 0 bridgehead atoms. The van der Waals surface area contributed by atoms with Crippen LogP contribution in [0.1, 0.15) is 40.8 Å². The van der Waals surface area contributed by atoms with E-state index in [1.165, 1.54) is 17.8 Å². The van der Waals surface area contributed by atoms with Gasteiger partial charge in [-0.1, -0.05) is 0 Å². The second kappa shape index (κ2) is 6.96. The monoisotopic (exact) mass is 413 g/mol. The van der Waals surface area contributed by atoms with Gasteiger partial charge in [0.1, 0.15) is 11.4 Å². The summed E-state index contributed by atoms with van der Waals surface area (Å²) in [6.45, 7) is 2.01. The van der Waals surface area contributed by atoms with Crippen molar-refractivity contribution in [2.45, 2.75) is 24.9 Å². The fourth-order valence-corrected chi connectivity index (χ4v) is 4.79. The minimum Gasteiger partial charge on any atom is -0.477 e. The quantitative estimate of drug-likeness (QED) is 0.686. The van der Waals surface area contributed by atoms with Crippen molar-refractivity contribution in [1.82, 2.24) is 9.88 Å². The van der Waals surface area contributed by atoms with Gasteiger partial charge < -0.3 is 19.9 Å². The first-order valence-corrected chi connectivity index (χ1v) is 10.6. The summed E-state index contributed by atoms with van der Waals surface area (Å²) in [5.74, 6) is -1.78. The van der Waals surface area contributed by atoms with Crippen LogP contribution in [0.25, 0.3) is 10.9 Å². The number of aromatic nitrogens is 1. The molecular formula is C21H20FN3O3S. The third-order valence-corrected chi connectivity index (χ3v) is 6.43. The van der Waals surface area contributed by atoms with Crippen molar-refractivity contribution in [2.24, 2.45) is 0 Å². The number of pyridine rings is 1. The maximum absolute atomic E-state index is 15.1. The van der Waals surface area contributed by atoms with Gasteiger partial charge in [0.15, 0.2) is 0 Å². The summed E-state index contributed by atoms with van der Waals surface area (Å²) in [6.07, 6.45) is 3.27. The summed E-state index contributed by atoms with van der Waals surface area (Å²) < 4.78 is 16.9. The van der Waals surface area contributed by atoms with E-state index in [-0.39, 0.29) is 23.0 Å². The molecule has 0 amide bonds. The van der Waals surface area contributed by atoms with Crippen LogP contribution in [0.15, 0.2) is 40.0 Å². The lowest BCUT2D eigenvalue weighted by Crippen LogP contribution is -2.46. The smallest absolute Gasteiger partial charge is 0.341 e. The molecule has 1 saturated heterocycles. The lowest BCUT2D eigenvalue weighted by atomic mass is 10.1. The van der Waals surface area contributed by atoms with E-state index in [4.69, 9.17) is 0 Å². The van der Waals surface area contributed by atoms with Gasteiger partial charge in [-0.2, -0.15) is 11.3 Å². The van der Waals surface area contributed by atoms with Crippen LogP contribution in [0.4, 0.5) is 10.1 Å². The Morgan fingerprint density at radius 2 is 2.14 bits per heavy atom. The van der Waals surface area contributed by atoms with Gasteiger partial charge in [-0.15, -0.1) is 0 Å². The summed E-state index contributed by atoms with van der Waals surface area (Å²) in [4.78, 5) is 26.1. The zero-order chi connectivity index (χ0) is 20.1. The van der Waals surface area contributed by atoms with Crippen LogP contribution in [0.3, 0.4) is 0 Å². The lowest BCUT2D eigenvalue weighted by molar-refractivity contribution is 0.0695. The molecule has 8 heteroatoms. The number of thiophene rings is 1. The maximum atomic E-state index is 15.1. The molecular weight excluding hydrogens is 393 g/mol. The van der Waals surface area contributed by atoms with Gasteiger partial charge in [0, 0.05) is 37.3 Å². The summed E-state index contributed by atoms with van der Waals surface area (Å²) >= 11 is 1.63. The number of carbonyl (C=O) groups is 1. The van der Waals surface area contributed by atoms with Crippen LogP contribution < -0.4 is 15.6 Å². The number of piperazine rings is 1. The standard InChI is InChI=1S/C21H20FN3O3S/c22-16-7-14-18(25(13-1-2-13)9-15(20(14)26)21(27)28)8-19(16)24-5-4-23-17(10-24)12-3-6-29-11-12/h3,6-9,11,13,17,23H,1-2,4-5,10H2,(H,27,28). The van der Waals surface area contributed by atoms with Gasteiger partial charge in [-0.25, -0.2) is 9.18 Å². The molecule has 2 N–H and O–H groups in total. The van der Waals surface area contributed by atoms with Crippen molar-refractivity contribution in [2.75, 3.05) is 24.5 Å². The molecule has 1 saturated carbocycles. The van der Waals surface area contributed by atoms with Gasteiger partial charge in [-0.05, 0) is 47.4 Å². The van der Waals surface area contributed by atoms with E-state index >= 15 is 4.39 Å². The molecule has 3 aromatic rings. The van der Waals surface area contributed by atoms with Crippen LogP contribution >= 0.6 is 11.3 Å². The molecule has 2 fully saturated rings. The third-order valence-electron chi connectivity index (χ3n) is 5.73. The Hall–Kier alpha value is -2.71. The molecule has 1 aliphatic heterocycles. The predicted molar refractivity (Wildman–Crippen MR) is 111 cm³/mol. The van der Waals surface area contributed by atoms with Crippen molar-refractivity contribution in [1.29, 1.82) is 0 Å². The number of hydrogen-bond donors (Lipinski definition) is 2. The Bertz CT molecular complexity index is 1150. The van der Waals surface area contributed by atoms with Crippen LogP contribution in [0.5, 0.6) is 0 Å². The summed E-state index contributed by atoms with van der Waals surface area (Å²) in [5.41, 5.74) is 1.30. The first-order valence-electron chi connectivity index (χ1n) is 9.65. The van der Waals surface area contributed by atoms with E-state index in [0.29, 0.717) is 24.3 Å². The molecule has 29 heavy (non-hydrogen) atoms. The van der Waals surface area contributed by atoms with Gasteiger partial charge in [0.05, 0.1) is 17.2 Å². The van der Waals surface area contributed by atoms with Gasteiger partial charge in [0.25, 0.3) is 0 Å². The number of halogens is 1. The highest BCUT2D eigenvalue weighted by Crippen LogP contribution is 2.38. The number of benzene rings is 1. The van der Waals surface area contributed by atoms with E-state index in [1.54, 1.807) is 17.4 Å². The number of carboxylic acid groups (broad SMARTS) is 1. The Morgan fingerprint density at radius 3 is 2.83 bits per heavy atom. The number of fused-ring (bicyclic) bond motifs is 1. The van der Waals surface area contributed by atoms with Crippen LogP contribution in [-0.2, 0) is 0 Å². The number of hydrogen-bond acceptors (Lipinski definition) is 5. The molecule has 2 aromatic heterocycles. The second-order valence-corrected chi connectivity index (χ2v) is 8.43. The molecule has 1 aliphatic carbocycles. The van der Waals surface area contributed by atoms with Crippen LogP contribution in [0, 0.1) is 5.82 Å². The first-order chi connectivity index (χ1) is 14.0. The number of rotatable bonds is 4. The first kappa shape index (κ1) is 18.3. The van der Waals surface area contributed by atoms with E-state index in [9.17, 15) is 14.7 Å². The largest absolute Gasteiger partial charge is 0.477 e. The van der Waals surface area contributed by atoms with Gasteiger partial charge in [0.2, 0.25) is 5.43 Å². The molecule has 2 aliphatic rings. The van der Waals surface area contributed by atoms with Crippen molar-refractivity contribution in [3.05, 3.63) is 62.3 Å². The minimum absolute atomic E-state index is 0.116. The maximum Gasteiger partial charge on any atom is 0.341 e. The fourth-order valence-electron chi connectivity index (χ4n) is 4.07. The Balaban J connectivity index is 1.61. The average molecular weight is 413 g/mol. The fraction of sp³-hybridized carbons (Fsp3) is 0.333. The Morgan fingerprint density at radius 1 is 1.31 bits per heavy atom. The Labute approximate surface area is 170 Å². The molecule has 1 aromatic carbocycles. The van der Waals surface area contributed by atoms with E-state index in [2.05, 4.69) is 16.8 Å². The molecule has 6 nitrogen and oxygen atoms in total. The number of carboxylic acids is 1. The average Bonchev–Trinajstić information content (AvgIpc) is 3.41. The van der Waals surface area contributed by atoms with Crippen LogP contribution in [-0.4, -0.2) is 35.3 Å². The molecule has 1 unspecified atom stereocenters. The topological polar surface area (TPSA) is 74.6 Å². The van der Waals surface area contributed by atoms with Crippen molar-refractivity contribution < 1.29 is 14.3 Å². The summed E-state index contributed by atoms with van der Waals surface area (Å²) in [6, 6.07) is 5.27. The van der Waals surface area contributed by atoms with Gasteiger partial charge in [-0.3, -0.25) is 4.79 Å². The molecule has 1 atom stereocenters. The number of nitrogens with zero attached hydrogens (tertiary/aromatic N) is 2. The zero-order valence-corrected chi connectivity index (χ0v) is 16.4. The number of nitrogens with one attached hydrogen (secondary N) is 1. The SMILES string of the molecule is O=C(O)c1cn(C2CC2)c2cc(N3CCNC(c4ccsc4)C3)c(F)cc2c1=O. The van der Waals surface area contributed by atoms with Gasteiger partial charge >= 0.3 is 5.97 Å². The molecule has 0 spiro atoms. The predicted octanol–water partition coefficient (Wildman–Crippen LogP) is 3.39. The highest BCUT2D eigenvalue weighted by atomic mass is 32.1.